The van der Waals surface area contributed by atoms with Gasteiger partial charge < -0.3 is 0 Å². The minimum Gasteiger partial charge on any atom is -0.206 e. The van der Waals surface area contributed by atoms with E-state index in [1.165, 1.54) is 44.2 Å². The zero-order chi connectivity index (χ0) is 32.7. The summed E-state index contributed by atoms with van der Waals surface area (Å²) < 4.78 is 31.5. The third kappa shape index (κ3) is 5.53. The molecule has 0 N–H and O–H groups in total. The lowest BCUT2D eigenvalue weighted by Gasteiger charge is -2.19. The summed E-state index contributed by atoms with van der Waals surface area (Å²) in [7, 11) is 0. The second-order valence-electron chi connectivity index (χ2n) is 13.1. The summed E-state index contributed by atoms with van der Waals surface area (Å²) in [6, 6.07) is 21.4. The summed E-state index contributed by atoms with van der Waals surface area (Å²) in [6.07, 6.45) is 8.81. The maximum absolute atomic E-state index is 16.1. The van der Waals surface area contributed by atoms with Crippen LogP contribution in [0.5, 0.6) is 0 Å². The largest absolute Gasteiger partial charge is 0.206 e. The van der Waals surface area contributed by atoms with Crippen LogP contribution in [0.2, 0.25) is 0 Å². The van der Waals surface area contributed by atoms with Gasteiger partial charge in [0.05, 0.1) is 0 Å². The van der Waals surface area contributed by atoms with Crippen LogP contribution >= 0.6 is 0 Å². The lowest BCUT2D eigenvalue weighted by Crippen LogP contribution is -2.06. The highest BCUT2D eigenvalue weighted by molar-refractivity contribution is 6.02. The van der Waals surface area contributed by atoms with Crippen molar-refractivity contribution in [2.24, 2.45) is 0 Å². The van der Waals surface area contributed by atoms with Gasteiger partial charge in [0.1, 0.15) is 11.6 Å². The zero-order valence-electron chi connectivity index (χ0n) is 28.1. The molecule has 0 atom stereocenters. The van der Waals surface area contributed by atoms with Gasteiger partial charge in [-0.1, -0.05) is 74.2 Å². The first kappa shape index (κ1) is 31.7. The molecule has 0 aliphatic heterocycles. The van der Waals surface area contributed by atoms with Gasteiger partial charge in [0.25, 0.3) is 0 Å². The second-order valence-corrected chi connectivity index (χ2v) is 13.1. The Labute approximate surface area is 273 Å². The van der Waals surface area contributed by atoms with Gasteiger partial charge >= 0.3 is 0 Å². The van der Waals surface area contributed by atoms with Crippen LogP contribution in [0.25, 0.3) is 44.7 Å². The van der Waals surface area contributed by atoms with Crippen LogP contribution in [0.15, 0.2) is 73.3 Å². The predicted octanol–water partition coefficient (Wildman–Crippen LogP) is 12.6. The van der Waals surface area contributed by atoms with Crippen molar-refractivity contribution in [1.29, 1.82) is 0 Å². The van der Waals surface area contributed by atoms with Crippen LogP contribution in [-0.4, -0.2) is 0 Å². The van der Waals surface area contributed by atoms with E-state index < -0.39 is 0 Å². The van der Waals surface area contributed by atoms with Crippen molar-refractivity contribution in [3.05, 3.63) is 141 Å². The molecule has 0 unspecified atom stereocenters. The highest BCUT2D eigenvalue weighted by Crippen LogP contribution is 2.39. The van der Waals surface area contributed by atoms with Crippen LogP contribution in [-0.2, 0) is 19.3 Å². The van der Waals surface area contributed by atoms with Gasteiger partial charge in [0, 0.05) is 5.56 Å². The summed E-state index contributed by atoms with van der Waals surface area (Å²) in [5.41, 5.74) is 15.3. The lowest BCUT2D eigenvalue weighted by molar-refractivity contribution is 0.591. The van der Waals surface area contributed by atoms with Crippen molar-refractivity contribution in [3.63, 3.8) is 0 Å². The topological polar surface area (TPSA) is 0 Å². The molecule has 0 spiro atoms. The van der Waals surface area contributed by atoms with Gasteiger partial charge in [-0.3, -0.25) is 0 Å². The van der Waals surface area contributed by atoms with E-state index in [2.05, 4.69) is 75.9 Å². The Morgan fingerprint density at radius 1 is 0.696 bits per heavy atom. The first-order valence-electron chi connectivity index (χ1n) is 16.7. The van der Waals surface area contributed by atoms with E-state index in [9.17, 15) is 0 Å². The average molecular weight is 611 g/mol. The molecule has 0 saturated heterocycles. The Hall–Kier alpha value is -4.30. The third-order valence-corrected chi connectivity index (χ3v) is 10.3. The number of aryl methyl sites for hydroxylation is 5. The predicted molar refractivity (Wildman–Crippen MR) is 194 cm³/mol. The Bertz CT molecular complexity index is 2040. The molecular weight excluding hydrogens is 566 g/mol. The molecule has 6 rings (SSSR count). The number of halogens is 2. The number of rotatable bonds is 8. The van der Waals surface area contributed by atoms with Crippen LogP contribution < -0.4 is 0 Å². The molecule has 0 heterocycles. The molecule has 0 nitrogen and oxygen atoms in total. The first-order chi connectivity index (χ1) is 22.1. The number of fused-ring (bicyclic) bond motifs is 1. The summed E-state index contributed by atoms with van der Waals surface area (Å²) in [5, 5.41) is 2.39. The zero-order valence-corrected chi connectivity index (χ0v) is 28.1. The quantitative estimate of drug-likeness (QED) is 0.164. The maximum atomic E-state index is 16.1. The van der Waals surface area contributed by atoms with Crippen molar-refractivity contribution in [3.8, 4) is 22.3 Å². The SMILES string of the molecule is C=Cc1c(-c2ccc(C)c3cc(-c4cc(CCc5ccc(C)c(F)c5C5=CCCC5)c(F)c(CC)c4C)ccc23)ccc(C)c1C. The molecule has 1 aliphatic carbocycles. The fourth-order valence-electron chi connectivity index (χ4n) is 7.44. The molecule has 5 aromatic carbocycles. The van der Waals surface area contributed by atoms with Crippen molar-refractivity contribution < 1.29 is 8.78 Å². The highest BCUT2D eigenvalue weighted by atomic mass is 19.1. The summed E-state index contributed by atoms with van der Waals surface area (Å²) in [4.78, 5) is 0. The molecule has 234 valence electrons. The second kappa shape index (κ2) is 12.8. The lowest BCUT2D eigenvalue weighted by atomic mass is 9.86. The molecule has 0 saturated carbocycles. The van der Waals surface area contributed by atoms with Crippen LogP contribution in [0.1, 0.15) is 81.8 Å². The van der Waals surface area contributed by atoms with Crippen molar-refractivity contribution in [2.45, 2.75) is 80.1 Å². The first-order valence-corrected chi connectivity index (χ1v) is 16.7. The molecule has 5 aromatic rings. The van der Waals surface area contributed by atoms with Gasteiger partial charge in [-0.05, 0) is 174 Å². The van der Waals surface area contributed by atoms with E-state index in [0.717, 1.165) is 58.2 Å². The van der Waals surface area contributed by atoms with Crippen LogP contribution in [0, 0.1) is 46.3 Å². The molecule has 46 heavy (non-hydrogen) atoms. The molecular formula is C44H44F2. The van der Waals surface area contributed by atoms with E-state index >= 15 is 8.78 Å². The molecule has 0 amide bonds. The number of hydrogen-bond donors (Lipinski definition) is 0. The Morgan fingerprint density at radius 3 is 2.13 bits per heavy atom. The number of hydrogen-bond acceptors (Lipinski definition) is 0. The Balaban J connectivity index is 1.43. The molecule has 2 heteroatoms. The van der Waals surface area contributed by atoms with Gasteiger partial charge in [0.2, 0.25) is 0 Å². The molecule has 0 aromatic heterocycles. The number of allylic oxidation sites excluding steroid dienone is 2. The standard InChI is InChI=1S/C44H44F2/c1-8-35-29(6)26(3)15-21-37(35)38-22-16-27(4)40-24-33(20-23-39(38)40)41-25-34(44(46)36(9-2)30(41)7)19-18-32-17-14-28(5)43(45)42(32)31-12-10-11-13-31/h8,12,14-17,20-25H,1,9-11,13,18-19H2,2-7H3. The van der Waals surface area contributed by atoms with Gasteiger partial charge in [-0.15, -0.1) is 0 Å². The van der Waals surface area contributed by atoms with E-state index in [1.807, 2.05) is 45.0 Å². The molecule has 0 fully saturated rings. The van der Waals surface area contributed by atoms with Crippen molar-refractivity contribution in [1.82, 2.24) is 0 Å². The van der Waals surface area contributed by atoms with Crippen LogP contribution in [0.4, 0.5) is 8.78 Å². The van der Waals surface area contributed by atoms with Gasteiger partial charge in [-0.2, -0.15) is 0 Å². The molecule has 0 bridgehead atoms. The number of benzene rings is 5. The minimum atomic E-state index is -0.128. The fourth-order valence-corrected chi connectivity index (χ4v) is 7.44. The minimum absolute atomic E-state index is 0.121. The molecule has 0 radical (unpaired) electrons. The van der Waals surface area contributed by atoms with E-state index in [-0.39, 0.29) is 11.6 Å². The van der Waals surface area contributed by atoms with E-state index in [1.54, 1.807) is 0 Å². The fraction of sp³-hybridized carbons (Fsp3) is 0.273. The maximum Gasteiger partial charge on any atom is 0.133 e. The Morgan fingerprint density at radius 2 is 1.41 bits per heavy atom. The van der Waals surface area contributed by atoms with E-state index in [0.29, 0.717) is 30.4 Å². The van der Waals surface area contributed by atoms with Gasteiger partial charge in [-0.25, -0.2) is 8.78 Å². The van der Waals surface area contributed by atoms with Gasteiger partial charge in [0.15, 0.2) is 0 Å². The average Bonchev–Trinajstić information content (AvgIpc) is 3.59. The van der Waals surface area contributed by atoms with Crippen LogP contribution in [0.3, 0.4) is 0 Å². The smallest absolute Gasteiger partial charge is 0.133 e. The normalized spacial score (nSPS) is 13.0. The highest BCUT2D eigenvalue weighted by Gasteiger charge is 2.21. The van der Waals surface area contributed by atoms with Crippen molar-refractivity contribution in [2.75, 3.05) is 0 Å². The monoisotopic (exact) mass is 610 g/mol. The summed E-state index contributed by atoms with van der Waals surface area (Å²) in [6.45, 7) is 16.5. The third-order valence-electron chi connectivity index (χ3n) is 10.3. The Kier molecular flexibility index (Phi) is 8.84. The van der Waals surface area contributed by atoms with E-state index in [4.69, 9.17) is 0 Å². The van der Waals surface area contributed by atoms with Crippen molar-refractivity contribution >= 4 is 22.4 Å². The summed E-state index contributed by atoms with van der Waals surface area (Å²) >= 11 is 0. The molecule has 1 aliphatic rings. The summed E-state index contributed by atoms with van der Waals surface area (Å²) in [5.74, 6) is -0.249.